The van der Waals surface area contributed by atoms with Gasteiger partial charge in [0.15, 0.2) is 0 Å². The summed E-state index contributed by atoms with van der Waals surface area (Å²) in [6, 6.07) is 0. The fraction of sp³-hybridized carbons (Fsp3) is 1.00. The van der Waals surface area contributed by atoms with Crippen molar-refractivity contribution in [3.05, 3.63) is 10.1 Å². The molecule has 54 valence electrons. The van der Waals surface area contributed by atoms with Crippen LogP contribution in [-0.2, 0) is 9.57 Å². The maximum atomic E-state index is 9.53. The van der Waals surface area contributed by atoms with Gasteiger partial charge in [0.25, 0.3) is 0 Å². The lowest BCUT2D eigenvalue weighted by Crippen LogP contribution is -2.26. The molecule has 0 aliphatic carbocycles. The van der Waals surface area contributed by atoms with Gasteiger partial charge < -0.3 is 0 Å². The van der Waals surface area contributed by atoms with Crippen molar-refractivity contribution < 1.29 is 14.7 Å². The summed E-state index contributed by atoms with van der Waals surface area (Å²) >= 11 is 0. The van der Waals surface area contributed by atoms with Gasteiger partial charge in [0.1, 0.15) is 0 Å². The quantitative estimate of drug-likeness (QED) is 0.261. The lowest BCUT2D eigenvalue weighted by atomic mass is 11.8. The molecule has 6 heteroatoms. The van der Waals surface area contributed by atoms with Crippen molar-refractivity contribution >= 4 is 8.32 Å². The fourth-order valence-electron chi connectivity index (χ4n) is 0.142. The van der Waals surface area contributed by atoms with Crippen molar-refractivity contribution in [3.63, 3.8) is 0 Å². The Morgan fingerprint density at radius 1 is 1.44 bits per heavy atom. The number of rotatable bonds is 3. The molecule has 0 aromatic rings. The molecule has 0 aliphatic rings. The van der Waals surface area contributed by atoms with Gasteiger partial charge in [0.2, 0.25) is 8.32 Å². The summed E-state index contributed by atoms with van der Waals surface area (Å²) in [4.78, 5) is 13.2. The molecular formula is C3H9NO4Si. The third-order valence-corrected chi connectivity index (χ3v) is 0.923. The SMILES string of the molecule is C[Si](C)(C)OO[N+](=O)[O-]. The first-order chi connectivity index (χ1) is 3.92. The number of hydrogen-bond donors (Lipinski definition) is 0. The lowest BCUT2D eigenvalue weighted by Gasteiger charge is -2.11. The highest BCUT2D eigenvalue weighted by molar-refractivity contribution is 6.69. The van der Waals surface area contributed by atoms with E-state index in [2.05, 4.69) is 9.57 Å². The standard InChI is InChI=1S/C3H9NO4Si/c1-9(2,3)8-7-4(5)6/h1-3H3. The molecular weight excluding hydrogens is 142 g/mol. The van der Waals surface area contributed by atoms with Crippen LogP contribution in [0.2, 0.25) is 19.6 Å². The Balaban J connectivity index is 3.39. The van der Waals surface area contributed by atoms with E-state index in [4.69, 9.17) is 0 Å². The summed E-state index contributed by atoms with van der Waals surface area (Å²) in [5, 5.41) is 8.57. The van der Waals surface area contributed by atoms with Crippen molar-refractivity contribution in [1.29, 1.82) is 0 Å². The number of hydrogen-bond acceptors (Lipinski definition) is 4. The smallest absolute Gasteiger partial charge is 0.249 e. The van der Waals surface area contributed by atoms with Crippen LogP contribution in [0.4, 0.5) is 0 Å². The van der Waals surface area contributed by atoms with E-state index in [1.165, 1.54) is 0 Å². The molecule has 0 saturated heterocycles. The number of nitrogens with zero attached hydrogens (tertiary/aromatic N) is 1. The highest BCUT2D eigenvalue weighted by atomic mass is 28.4. The second-order valence-electron chi connectivity index (χ2n) is 2.49. The Kier molecular flexibility index (Phi) is 2.59. The molecule has 0 atom stereocenters. The molecule has 5 nitrogen and oxygen atoms in total. The average Bonchev–Trinajstić information content (AvgIpc) is 1.59. The second kappa shape index (κ2) is 2.79. The average molecular weight is 151 g/mol. The zero-order valence-corrected chi connectivity index (χ0v) is 6.58. The molecule has 0 aromatic carbocycles. The van der Waals surface area contributed by atoms with Crippen LogP contribution in [-0.4, -0.2) is 13.4 Å². The minimum Gasteiger partial charge on any atom is -0.249 e. The first-order valence-electron chi connectivity index (χ1n) is 2.42. The zero-order valence-electron chi connectivity index (χ0n) is 5.58. The van der Waals surface area contributed by atoms with Crippen LogP contribution >= 0.6 is 0 Å². The molecule has 0 saturated carbocycles. The molecule has 0 unspecified atom stereocenters. The van der Waals surface area contributed by atoms with Crippen molar-refractivity contribution in [2.75, 3.05) is 0 Å². The molecule has 0 heterocycles. The van der Waals surface area contributed by atoms with Gasteiger partial charge in [-0.1, -0.05) is 0 Å². The highest BCUT2D eigenvalue weighted by Gasteiger charge is 2.17. The summed E-state index contributed by atoms with van der Waals surface area (Å²) in [5.74, 6) is 0. The van der Waals surface area contributed by atoms with Crippen LogP contribution in [0, 0.1) is 10.1 Å². The summed E-state index contributed by atoms with van der Waals surface area (Å²) in [6.07, 6.45) is 0. The van der Waals surface area contributed by atoms with Crippen LogP contribution in [0.5, 0.6) is 0 Å². The van der Waals surface area contributed by atoms with E-state index in [0.29, 0.717) is 0 Å². The van der Waals surface area contributed by atoms with Crippen molar-refractivity contribution in [2.45, 2.75) is 19.6 Å². The van der Waals surface area contributed by atoms with E-state index in [1.54, 1.807) is 19.6 Å². The molecule has 0 spiro atoms. The van der Waals surface area contributed by atoms with Gasteiger partial charge in [-0.05, 0) is 19.6 Å². The van der Waals surface area contributed by atoms with Crippen LogP contribution in [0.1, 0.15) is 0 Å². The molecule has 0 fully saturated rings. The molecule has 0 radical (unpaired) electrons. The maximum absolute atomic E-state index is 9.53. The maximum Gasteiger partial charge on any atom is 0.321 e. The summed E-state index contributed by atoms with van der Waals surface area (Å²) in [6.45, 7) is 5.36. The molecule has 0 bridgehead atoms. The lowest BCUT2D eigenvalue weighted by molar-refractivity contribution is -0.836. The van der Waals surface area contributed by atoms with E-state index in [-0.39, 0.29) is 0 Å². The Morgan fingerprint density at radius 2 is 1.89 bits per heavy atom. The van der Waals surface area contributed by atoms with E-state index in [1.807, 2.05) is 0 Å². The Hall–Kier alpha value is -0.623. The van der Waals surface area contributed by atoms with Crippen molar-refractivity contribution in [1.82, 2.24) is 0 Å². The van der Waals surface area contributed by atoms with Crippen molar-refractivity contribution in [2.24, 2.45) is 0 Å². The summed E-state index contributed by atoms with van der Waals surface area (Å²) in [5.41, 5.74) is 0. The van der Waals surface area contributed by atoms with Crippen LogP contribution in [0.25, 0.3) is 0 Å². The third kappa shape index (κ3) is 7.38. The van der Waals surface area contributed by atoms with Crippen LogP contribution in [0.3, 0.4) is 0 Å². The largest absolute Gasteiger partial charge is 0.321 e. The van der Waals surface area contributed by atoms with Gasteiger partial charge in [-0.25, -0.2) is 4.58 Å². The minimum atomic E-state index is -1.88. The fourth-order valence-corrected chi connectivity index (χ4v) is 0.427. The van der Waals surface area contributed by atoms with Gasteiger partial charge in [-0.3, -0.25) is 0 Å². The Labute approximate surface area is 53.7 Å². The molecule has 0 rings (SSSR count). The Morgan fingerprint density at radius 3 is 2.00 bits per heavy atom. The first-order valence-corrected chi connectivity index (χ1v) is 5.83. The van der Waals surface area contributed by atoms with Gasteiger partial charge >= 0.3 is 5.09 Å². The van der Waals surface area contributed by atoms with Crippen molar-refractivity contribution in [3.8, 4) is 0 Å². The minimum absolute atomic E-state index is 0.960. The first kappa shape index (κ1) is 8.38. The monoisotopic (exact) mass is 151 g/mol. The highest BCUT2D eigenvalue weighted by Crippen LogP contribution is 2.01. The molecule has 0 aliphatic heterocycles. The van der Waals surface area contributed by atoms with E-state index >= 15 is 0 Å². The van der Waals surface area contributed by atoms with Crippen LogP contribution in [0.15, 0.2) is 0 Å². The van der Waals surface area contributed by atoms with E-state index in [0.717, 1.165) is 0 Å². The normalized spacial score (nSPS) is 11.0. The molecule has 9 heavy (non-hydrogen) atoms. The van der Waals surface area contributed by atoms with Gasteiger partial charge in [0, 0.05) is 0 Å². The second-order valence-corrected chi connectivity index (χ2v) is 6.89. The Bertz CT molecular complexity index is 109. The van der Waals surface area contributed by atoms with Gasteiger partial charge in [0.05, 0.1) is 0 Å². The molecule has 0 amide bonds. The predicted molar refractivity (Wildman–Crippen MR) is 32.5 cm³/mol. The summed E-state index contributed by atoms with van der Waals surface area (Å²) in [7, 11) is -1.88. The van der Waals surface area contributed by atoms with Gasteiger partial charge in [-0.15, -0.1) is 10.1 Å². The van der Waals surface area contributed by atoms with E-state index < -0.39 is 13.4 Å². The molecule has 0 aromatic heterocycles. The summed E-state index contributed by atoms with van der Waals surface area (Å²) < 4.78 is 4.43. The van der Waals surface area contributed by atoms with Crippen LogP contribution < -0.4 is 0 Å². The topological polar surface area (TPSA) is 61.6 Å². The third-order valence-electron chi connectivity index (χ3n) is 0.348. The zero-order chi connectivity index (χ0) is 7.49. The van der Waals surface area contributed by atoms with E-state index in [9.17, 15) is 10.1 Å². The molecule has 0 N–H and O–H groups in total. The predicted octanol–water partition coefficient (Wildman–Crippen LogP) is 0.961. The van der Waals surface area contributed by atoms with Gasteiger partial charge in [-0.2, -0.15) is 4.99 Å².